The molecule has 1 fully saturated rings. The van der Waals surface area contributed by atoms with Gasteiger partial charge in [0.1, 0.15) is 0 Å². The van der Waals surface area contributed by atoms with Crippen LogP contribution in [0.4, 0.5) is 0 Å². The zero-order chi connectivity index (χ0) is 12.3. The highest BCUT2D eigenvalue weighted by Crippen LogP contribution is 2.45. The fraction of sp³-hybridized carbons (Fsp3) is 0.833. The second kappa shape index (κ2) is 4.85. The Hall–Kier alpha value is -1.06. The average molecular weight is 226 g/mol. The first-order valence-corrected chi connectivity index (χ1v) is 5.99. The maximum Gasteiger partial charge on any atom is 0.224 e. The summed E-state index contributed by atoms with van der Waals surface area (Å²) < 4.78 is 0. The van der Waals surface area contributed by atoms with E-state index in [2.05, 4.69) is 0 Å². The number of hydrogen-bond donors (Lipinski definition) is 2. The van der Waals surface area contributed by atoms with Crippen molar-refractivity contribution in [2.75, 3.05) is 0 Å². The predicted octanol–water partition coefficient (Wildman–Crippen LogP) is 1.18. The van der Waals surface area contributed by atoms with Crippen molar-refractivity contribution in [3.8, 4) is 0 Å². The molecule has 0 spiro atoms. The molecule has 0 saturated heterocycles. The lowest BCUT2D eigenvalue weighted by molar-refractivity contribution is -0.143. The molecule has 1 aliphatic carbocycles. The van der Waals surface area contributed by atoms with E-state index in [0.29, 0.717) is 25.2 Å². The van der Waals surface area contributed by atoms with Crippen LogP contribution in [-0.2, 0) is 9.59 Å². The molecule has 1 saturated carbocycles. The Morgan fingerprint density at radius 1 is 1.31 bits per heavy atom. The monoisotopic (exact) mass is 226 g/mol. The van der Waals surface area contributed by atoms with Gasteiger partial charge in [-0.3, -0.25) is 9.59 Å². The normalized spacial score (nSPS) is 30.3. The molecule has 0 heterocycles. The number of amides is 2. The summed E-state index contributed by atoms with van der Waals surface area (Å²) in [5.74, 6) is -0.766. The highest BCUT2D eigenvalue weighted by Gasteiger charge is 2.48. The molecule has 0 radical (unpaired) electrons. The highest BCUT2D eigenvalue weighted by atomic mass is 16.2. The van der Waals surface area contributed by atoms with E-state index in [1.807, 2.05) is 13.8 Å². The first kappa shape index (κ1) is 13.0. The van der Waals surface area contributed by atoms with Crippen molar-refractivity contribution in [1.29, 1.82) is 0 Å². The minimum absolute atomic E-state index is 0.340. The van der Waals surface area contributed by atoms with Crippen LogP contribution in [0.25, 0.3) is 0 Å². The van der Waals surface area contributed by atoms with Crippen molar-refractivity contribution < 1.29 is 9.59 Å². The van der Waals surface area contributed by atoms with Gasteiger partial charge in [-0.2, -0.15) is 0 Å². The lowest BCUT2D eigenvalue weighted by Crippen LogP contribution is -2.50. The summed E-state index contributed by atoms with van der Waals surface area (Å²) >= 11 is 0. The number of nitrogens with two attached hydrogens (primary N) is 2. The number of hydrogen-bond acceptors (Lipinski definition) is 2. The molecular formula is C12H22N2O2. The van der Waals surface area contributed by atoms with Gasteiger partial charge in [0.25, 0.3) is 0 Å². The highest BCUT2D eigenvalue weighted by molar-refractivity contribution is 5.89. The van der Waals surface area contributed by atoms with E-state index < -0.39 is 5.41 Å². The predicted molar refractivity (Wildman–Crippen MR) is 62.2 cm³/mol. The smallest absolute Gasteiger partial charge is 0.224 e. The topological polar surface area (TPSA) is 86.2 Å². The Morgan fingerprint density at radius 3 is 2.38 bits per heavy atom. The van der Waals surface area contributed by atoms with Gasteiger partial charge in [-0.25, -0.2) is 0 Å². The van der Waals surface area contributed by atoms with Crippen molar-refractivity contribution in [2.24, 2.45) is 28.7 Å². The van der Waals surface area contributed by atoms with Gasteiger partial charge >= 0.3 is 0 Å². The van der Waals surface area contributed by atoms with Crippen LogP contribution < -0.4 is 11.5 Å². The summed E-state index contributed by atoms with van der Waals surface area (Å²) in [6.07, 6.45) is 3.98. The summed E-state index contributed by atoms with van der Waals surface area (Å²) in [5.41, 5.74) is 10.2. The van der Waals surface area contributed by atoms with Crippen LogP contribution in [0.3, 0.4) is 0 Å². The van der Waals surface area contributed by atoms with E-state index in [-0.39, 0.29) is 17.7 Å². The van der Waals surface area contributed by atoms with Crippen LogP contribution in [-0.4, -0.2) is 11.8 Å². The van der Waals surface area contributed by atoms with Crippen molar-refractivity contribution in [3.05, 3.63) is 0 Å². The molecule has 1 aliphatic rings. The average Bonchev–Trinajstić information content (AvgIpc) is 2.16. The van der Waals surface area contributed by atoms with Gasteiger partial charge < -0.3 is 11.5 Å². The molecule has 4 heteroatoms. The van der Waals surface area contributed by atoms with Crippen molar-refractivity contribution in [3.63, 3.8) is 0 Å². The Kier molecular flexibility index (Phi) is 3.94. The third kappa shape index (κ3) is 2.36. The standard InChI is InChI=1S/C12H22N2O2/c1-8(2)7-12(11(14)16)6-4-3-5-9(12)10(13)15/h8-9H,3-7H2,1-2H3,(H2,13,15)(H2,14,16). The zero-order valence-electron chi connectivity index (χ0n) is 10.2. The van der Waals surface area contributed by atoms with Crippen molar-refractivity contribution in [1.82, 2.24) is 0 Å². The maximum absolute atomic E-state index is 11.7. The van der Waals surface area contributed by atoms with Crippen molar-refractivity contribution >= 4 is 11.8 Å². The van der Waals surface area contributed by atoms with Gasteiger partial charge in [-0.1, -0.05) is 26.7 Å². The summed E-state index contributed by atoms with van der Waals surface area (Å²) in [7, 11) is 0. The molecule has 2 amide bonds. The van der Waals surface area contributed by atoms with Gasteiger partial charge in [0.2, 0.25) is 11.8 Å². The van der Waals surface area contributed by atoms with Gasteiger partial charge in [0.05, 0.1) is 11.3 Å². The van der Waals surface area contributed by atoms with E-state index in [9.17, 15) is 9.59 Å². The zero-order valence-corrected chi connectivity index (χ0v) is 10.2. The second-order valence-electron chi connectivity index (χ2n) is 5.32. The summed E-state index contributed by atoms with van der Waals surface area (Å²) in [4.78, 5) is 23.2. The minimum Gasteiger partial charge on any atom is -0.369 e. The molecule has 0 aromatic heterocycles. The number of carbonyl (C=O) groups is 2. The molecule has 0 aromatic carbocycles. The SMILES string of the molecule is CC(C)CC1(C(N)=O)CCCCC1C(N)=O. The minimum atomic E-state index is -0.696. The number of rotatable bonds is 4. The maximum atomic E-state index is 11.7. The first-order chi connectivity index (χ1) is 7.40. The third-order valence-electron chi connectivity index (χ3n) is 3.64. The van der Waals surface area contributed by atoms with E-state index in [1.165, 1.54) is 0 Å². The first-order valence-electron chi connectivity index (χ1n) is 5.99. The Morgan fingerprint density at radius 2 is 1.94 bits per heavy atom. The quantitative estimate of drug-likeness (QED) is 0.754. The van der Waals surface area contributed by atoms with Gasteiger partial charge in [-0.05, 0) is 25.2 Å². The summed E-state index contributed by atoms with van der Waals surface area (Å²) in [6, 6.07) is 0. The summed E-state index contributed by atoms with van der Waals surface area (Å²) in [5, 5.41) is 0. The molecule has 2 atom stereocenters. The number of carbonyl (C=O) groups excluding carboxylic acids is 2. The third-order valence-corrected chi connectivity index (χ3v) is 3.64. The fourth-order valence-corrected chi connectivity index (χ4v) is 3.02. The fourth-order valence-electron chi connectivity index (χ4n) is 3.02. The van der Waals surface area contributed by atoms with E-state index in [4.69, 9.17) is 11.5 Å². The van der Waals surface area contributed by atoms with E-state index in [0.717, 1.165) is 12.8 Å². The lowest BCUT2D eigenvalue weighted by Gasteiger charge is -2.41. The van der Waals surface area contributed by atoms with Crippen LogP contribution in [0.2, 0.25) is 0 Å². The second-order valence-corrected chi connectivity index (χ2v) is 5.32. The largest absolute Gasteiger partial charge is 0.369 e. The van der Waals surface area contributed by atoms with Gasteiger partial charge in [-0.15, -0.1) is 0 Å². The van der Waals surface area contributed by atoms with Crippen LogP contribution in [0.15, 0.2) is 0 Å². The van der Waals surface area contributed by atoms with Gasteiger partial charge in [0.15, 0.2) is 0 Å². The van der Waals surface area contributed by atoms with Crippen LogP contribution in [0.1, 0.15) is 46.0 Å². The molecule has 1 rings (SSSR count). The Labute approximate surface area is 96.8 Å². The molecule has 16 heavy (non-hydrogen) atoms. The molecular weight excluding hydrogens is 204 g/mol. The molecule has 2 unspecified atom stereocenters. The van der Waals surface area contributed by atoms with E-state index in [1.54, 1.807) is 0 Å². The van der Waals surface area contributed by atoms with E-state index >= 15 is 0 Å². The van der Waals surface area contributed by atoms with Crippen molar-refractivity contribution in [2.45, 2.75) is 46.0 Å². The van der Waals surface area contributed by atoms with Crippen LogP contribution in [0, 0.1) is 17.3 Å². The molecule has 92 valence electrons. The summed E-state index contributed by atoms with van der Waals surface area (Å²) in [6.45, 7) is 4.08. The molecule has 0 aliphatic heterocycles. The molecule has 0 aromatic rings. The molecule has 0 bridgehead atoms. The number of primary amides is 2. The van der Waals surface area contributed by atoms with Crippen LogP contribution >= 0.6 is 0 Å². The molecule has 4 N–H and O–H groups in total. The molecule has 4 nitrogen and oxygen atoms in total. The Bertz CT molecular complexity index is 289. The Balaban J connectivity index is 3.02. The van der Waals surface area contributed by atoms with Crippen LogP contribution in [0.5, 0.6) is 0 Å². The lowest BCUT2D eigenvalue weighted by atomic mass is 9.62. The van der Waals surface area contributed by atoms with Gasteiger partial charge in [0, 0.05) is 0 Å².